The predicted octanol–water partition coefficient (Wildman–Crippen LogP) is 6.79. The van der Waals surface area contributed by atoms with Crippen molar-refractivity contribution in [2.24, 2.45) is 0 Å². The summed E-state index contributed by atoms with van der Waals surface area (Å²) in [6, 6.07) is 15.5. The van der Waals surface area contributed by atoms with Crippen LogP contribution in [-0.2, 0) is 12.0 Å². The number of carbonyl (C=O) groups is 1. The SMILES string of the molecule is CCCCNC(=O)NC(Cc1ccccc1)(c1ccc(F)cc1)c1cc(F)cc(OC(F)(F)C(F)F)c1. The lowest BCUT2D eigenvalue weighted by molar-refractivity contribution is -0.253. The average molecular weight is 525 g/mol. The maximum absolute atomic E-state index is 14.7. The molecular weight excluding hydrogens is 498 g/mol. The zero-order valence-corrected chi connectivity index (χ0v) is 19.9. The van der Waals surface area contributed by atoms with Crippen LogP contribution >= 0.6 is 0 Å². The lowest BCUT2D eigenvalue weighted by atomic mass is 9.77. The van der Waals surface area contributed by atoms with E-state index in [0.29, 0.717) is 30.2 Å². The number of ether oxygens (including phenoxy) is 1. The summed E-state index contributed by atoms with van der Waals surface area (Å²) in [6.07, 6.45) is -7.58. The highest BCUT2D eigenvalue weighted by atomic mass is 19.3. The maximum Gasteiger partial charge on any atom is 0.461 e. The highest BCUT2D eigenvalue weighted by Gasteiger charge is 2.45. The first kappa shape index (κ1) is 27.9. The number of urea groups is 1. The van der Waals surface area contributed by atoms with Gasteiger partial charge in [-0.25, -0.2) is 13.6 Å². The third-order valence-electron chi connectivity index (χ3n) is 5.66. The number of benzene rings is 3. The van der Waals surface area contributed by atoms with Gasteiger partial charge >= 0.3 is 18.6 Å². The molecule has 0 spiro atoms. The van der Waals surface area contributed by atoms with E-state index in [4.69, 9.17) is 0 Å². The molecule has 0 bridgehead atoms. The van der Waals surface area contributed by atoms with Crippen LogP contribution < -0.4 is 15.4 Å². The number of rotatable bonds is 11. The number of hydrogen-bond donors (Lipinski definition) is 2. The molecule has 1 unspecified atom stereocenters. The molecule has 3 rings (SSSR count). The van der Waals surface area contributed by atoms with Gasteiger partial charge < -0.3 is 15.4 Å². The molecule has 0 fully saturated rings. The Bertz CT molecular complexity index is 1180. The Morgan fingerprint density at radius 3 is 2.22 bits per heavy atom. The number of unbranched alkanes of at least 4 members (excludes halogenated alkanes) is 1. The van der Waals surface area contributed by atoms with Gasteiger partial charge in [0.15, 0.2) is 0 Å². The molecule has 0 saturated heterocycles. The van der Waals surface area contributed by atoms with Crippen LogP contribution in [0.15, 0.2) is 72.8 Å². The van der Waals surface area contributed by atoms with E-state index in [9.17, 15) is 31.1 Å². The number of amides is 2. The van der Waals surface area contributed by atoms with Crippen LogP contribution in [0.25, 0.3) is 0 Å². The summed E-state index contributed by atoms with van der Waals surface area (Å²) in [5.41, 5.74) is -0.759. The summed E-state index contributed by atoms with van der Waals surface area (Å²) < 4.78 is 85.6. The van der Waals surface area contributed by atoms with E-state index in [-0.39, 0.29) is 12.0 Å². The van der Waals surface area contributed by atoms with Crippen LogP contribution in [0.4, 0.5) is 31.1 Å². The Morgan fingerprint density at radius 2 is 1.59 bits per heavy atom. The van der Waals surface area contributed by atoms with Crippen molar-refractivity contribution in [3.63, 3.8) is 0 Å². The lowest BCUT2D eigenvalue weighted by Crippen LogP contribution is -2.52. The molecule has 4 nitrogen and oxygen atoms in total. The second-order valence-electron chi connectivity index (χ2n) is 8.45. The van der Waals surface area contributed by atoms with Gasteiger partial charge in [0.25, 0.3) is 0 Å². The molecule has 0 aromatic heterocycles. The van der Waals surface area contributed by atoms with Crippen molar-refractivity contribution in [2.45, 2.75) is 44.3 Å². The summed E-state index contributed by atoms with van der Waals surface area (Å²) in [7, 11) is 0. The Kier molecular flexibility index (Phi) is 9.07. The van der Waals surface area contributed by atoms with Gasteiger partial charge in [-0.05, 0) is 47.4 Å². The van der Waals surface area contributed by atoms with Gasteiger partial charge in [0.05, 0.1) is 5.54 Å². The largest absolute Gasteiger partial charge is 0.461 e. The third-order valence-corrected chi connectivity index (χ3v) is 5.66. The number of carbonyl (C=O) groups excluding carboxylic acids is 1. The molecular formula is C27H26F6N2O2. The molecule has 37 heavy (non-hydrogen) atoms. The summed E-state index contributed by atoms with van der Waals surface area (Å²) in [6.45, 7) is 2.26. The molecule has 0 heterocycles. The van der Waals surface area contributed by atoms with Crippen molar-refractivity contribution in [3.05, 3.63) is 101 Å². The van der Waals surface area contributed by atoms with Crippen molar-refractivity contribution in [1.82, 2.24) is 10.6 Å². The van der Waals surface area contributed by atoms with Crippen molar-refractivity contribution in [3.8, 4) is 5.75 Å². The monoisotopic (exact) mass is 524 g/mol. The maximum atomic E-state index is 14.7. The molecule has 198 valence electrons. The molecule has 1 atom stereocenters. The van der Waals surface area contributed by atoms with Crippen LogP contribution in [0.1, 0.15) is 36.5 Å². The summed E-state index contributed by atoms with van der Waals surface area (Å²) in [5, 5.41) is 5.49. The number of alkyl halides is 4. The van der Waals surface area contributed by atoms with Crippen LogP contribution in [0, 0.1) is 11.6 Å². The zero-order chi connectivity index (χ0) is 27.1. The van der Waals surface area contributed by atoms with Crippen LogP contribution in [0.2, 0.25) is 0 Å². The molecule has 0 radical (unpaired) electrons. The van der Waals surface area contributed by atoms with Crippen LogP contribution in [-0.4, -0.2) is 25.1 Å². The predicted molar refractivity (Wildman–Crippen MR) is 127 cm³/mol. The van der Waals surface area contributed by atoms with Crippen LogP contribution in [0.3, 0.4) is 0 Å². The highest BCUT2D eigenvalue weighted by Crippen LogP contribution is 2.37. The first-order valence-electron chi connectivity index (χ1n) is 11.6. The van der Waals surface area contributed by atoms with E-state index in [1.54, 1.807) is 30.3 Å². The summed E-state index contributed by atoms with van der Waals surface area (Å²) in [4.78, 5) is 13.0. The smallest absolute Gasteiger partial charge is 0.428 e. The normalized spacial score (nSPS) is 13.2. The minimum absolute atomic E-state index is 0.0190. The van der Waals surface area contributed by atoms with Gasteiger partial charge in [0.2, 0.25) is 0 Å². The summed E-state index contributed by atoms with van der Waals surface area (Å²) >= 11 is 0. The number of nitrogens with one attached hydrogen (secondary N) is 2. The number of halogens is 6. The van der Waals surface area contributed by atoms with Crippen LogP contribution in [0.5, 0.6) is 5.75 Å². The molecule has 3 aromatic rings. The Labute approximate surface area is 210 Å². The van der Waals surface area contributed by atoms with Gasteiger partial charge in [-0.3, -0.25) is 0 Å². The van der Waals surface area contributed by atoms with Gasteiger partial charge in [-0.15, -0.1) is 0 Å². The minimum atomic E-state index is -4.88. The molecule has 3 aromatic carbocycles. The van der Waals surface area contributed by atoms with Crippen molar-refractivity contribution < 1.29 is 35.9 Å². The van der Waals surface area contributed by atoms with Gasteiger partial charge in [0, 0.05) is 19.0 Å². The molecule has 0 aliphatic heterocycles. The van der Waals surface area contributed by atoms with Crippen molar-refractivity contribution in [1.29, 1.82) is 0 Å². The molecule has 2 amide bonds. The standard InChI is InChI=1S/C27H26F6N2O2/c1-2-3-13-34-25(36)35-26(17-18-7-5-4-6-8-18,19-9-11-21(28)12-10-19)20-14-22(29)16-23(15-20)37-27(32,33)24(30)31/h4-12,14-16,24H,2-3,13,17H2,1H3,(H2,34,35,36). The topological polar surface area (TPSA) is 50.4 Å². The van der Waals surface area contributed by atoms with Crippen molar-refractivity contribution in [2.75, 3.05) is 6.54 Å². The number of hydrogen-bond acceptors (Lipinski definition) is 2. The van der Waals surface area contributed by atoms with E-state index < -0.39 is 41.5 Å². The van der Waals surface area contributed by atoms with E-state index in [2.05, 4.69) is 15.4 Å². The van der Waals surface area contributed by atoms with Gasteiger partial charge in [-0.1, -0.05) is 55.8 Å². The molecule has 0 saturated carbocycles. The van der Waals surface area contributed by atoms with E-state index in [0.717, 1.165) is 30.7 Å². The molecule has 0 aliphatic carbocycles. The first-order valence-corrected chi connectivity index (χ1v) is 11.6. The molecule has 0 aliphatic rings. The van der Waals surface area contributed by atoms with E-state index >= 15 is 0 Å². The molecule has 10 heteroatoms. The minimum Gasteiger partial charge on any atom is -0.428 e. The second kappa shape index (κ2) is 12.0. The fraction of sp³-hybridized carbons (Fsp3) is 0.296. The quantitative estimate of drug-likeness (QED) is 0.214. The average Bonchev–Trinajstić information content (AvgIpc) is 2.84. The van der Waals surface area contributed by atoms with Gasteiger partial charge in [-0.2, -0.15) is 17.6 Å². The van der Waals surface area contributed by atoms with Gasteiger partial charge in [0.1, 0.15) is 17.4 Å². The fourth-order valence-electron chi connectivity index (χ4n) is 3.88. The lowest BCUT2D eigenvalue weighted by Gasteiger charge is -2.37. The van der Waals surface area contributed by atoms with E-state index in [1.165, 1.54) is 12.1 Å². The first-order chi connectivity index (χ1) is 17.6. The highest BCUT2D eigenvalue weighted by molar-refractivity contribution is 5.76. The Balaban J connectivity index is 2.20. The Morgan fingerprint density at radius 1 is 0.919 bits per heavy atom. The Hall–Kier alpha value is -3.69. The fourth-order valence-corrected chi connectivity index (χ4v) is 3.88. The second-order valence-corrected chi connectivity index (χ2v) is 8.45. The molecule has 2 N–H and O–H groups in total. The summed E-state index contributed by atoms with van der Waals surface area (Å²) in [5.74, 6) is -2.51. The third kappa shape index (κ3) is 7.18. The van der Waals surface area contributed by atoms with Crippen molar-refractivity contribution >= 4 is 6.03 Å². The zero-order valence-electron chi connectivity index (χ0n) is 19.9. The van der Waals surface area contributed by atoms with E-state index in [1.807, 2.05) is 6.92 Å².